The molecule has 0 unspecified atom stereocenters. The summed E-state index contributed by atoms with van der Waals surface area (Å²) in [4.78, 5) is 39.2. The van der Waals surface area contributed by atoms with Crippen LogP contribution in [0.4, 0.5) is 0 Å². The van der Waals surface area contributed by atoms with E-state index < -0.39 is 23.9 Å². The second-order valence-electron chi connectivity index (χ2n) is 2.80. The molecule has 0 saturated carbocycles. The van der Waals surface area contributed by atoms with Crippen LogP contribution in [0.25, 0.3) is 0 Å². The van der Waals surface area contributed by atoms with E-state index in [1.165, 1.54) is 0 Å². The Labute approximate surface area is 174 Å². The fraction of sp³-hybridized carbons (Fsp3) is 0.333. The summed E-state index contributed by atoms with van der Waals surface area (Å²) < 4.78 is 9.14. The summed E-state index contributed by atoms with van der Waals surface area (Å²) in [7, 11) is 0. The van der Waals surface area contributed by atoms with Gasteiger partial charge in [0.1, 0.15) is 13.2 Å². The summed E-state index contributed by atoms with van der Waals surface area (Å²) in [5, 5.41) is 18.3. The summed E-state index contributed by atoms with van der Waals surface area (Å²) in [5.41, 5.74) is 0. The minimum absolute atomic E-state index is 0. The molecule has 11 heteroatoms. The Kier molecular flexibility index (Phi) is 31.0. The van der Waals surface area contributed by atoms with Gasteiger partial charge in [-0.15, -0.1) is 0 Å². The smallest absolute Gasteiger partial charge is 0.545 e. The average molecular weight is 392 g/mol. The van der Waals surface area contributed by atoms with Crippen LogP contribution in [0, 0.1) is 0 Å². The third kappa shape index (κ3) is 38.8. The van der Waals surface area contributed by atoms with Crippen molar-refractivity contribution in [2.45, 2.75) is 0 Å². The second-order valence-corrected chi connectivity index (χ2v) is 3.44. The van der Waals surface area contributed by atoms with Crippen molar-refractivity contribution in [1.29, 1.82) is 0 Å². The first kappa shape index (κ1) is 30.2. The summed E-state index contributed by atoms with van der Waals surface area (Å²) in [6.07, 6.45) is 1.44. The Bertz CT molecular complexity index is 351. The zero-order valence-electron chi connectivity index (χ0n) is 12.3. The molecule has 0 aliphatic rings. The van der Waals surface area contributed by atoms with Crippen LogP contribution >= 0.6 is 25.3 Å². The Morgan fingerprint density at radius 2 is 1.04 bits per heavy atom. The van der Waals surface area contributed by atoms with E-state index in [2.05, 4.69) is 47.9 Å². The molecule has 23 heavy (non-hydrogen) atoms. The first-order valence-corrected chi connectivity index (χ1v) is 6.71. The zero-order chi connectivity index (χ0) is 18.0. The van der Waals surface area contributed by atoms with Crippen LogP contribution in [0.1, 0.15) is 0 Å². The predicted molar refractivity (Wildman–Crippen MR) is 85.8 cm³/mol. The Morgan fingerprint density at radius 1 is 0.826 bits per heavy atom. The molecule has 0 aliphatic carbocycles. The molecule has 0 aromatic rings. The van der Waals surface area contributed by atoms with Gasteiger partial charge in [-0.2, -0.15) is 25.3 Å². The maximum Gasteiger partial charge on any atom is 2.00 e. The summed E-state index contributed by atoms with van der Waals surface area (Å²) in [5.74, 6) is -3.27. The molecule has 0 aromatic carbocycles. The minimum Gasteiger partial charge on any atom is -0.545 e. The Morgan fingerprint density at radius 3 is 1.17 bits per heavy atom. The van der Waals surface area contributed by atoms with Crippen LogP contribution in [0.5, 0.6) is 0 Å². The van der Waals surface area contributed by atoms with E-state index in [0.717, 1.165) is 12.2 Å². The number of carbonyl (C=O) groups is 4. The third-order valence-corrected chi connectivity index (χ3v) is 1.72. The predicted octanol–water partition coefficient (Wildman–Crippen LogP) is -2.60. The number of carbonyl (C=O) groups excluding carboxylic acids is 4. The Hall–Kier alpha value is -0.680. The molecule has 0 rings (SSSR count). The van der Waals surface area contributed by atoms with E-state index >= 15 is 0 Å². The molecular weight excluding hydrogens is 376 g/mol. The molecule has 0 aromatic heterocycles. The number of aliphatic carboxylic acids is 2. The van der Waals surface area contributed by atoms with Gasteiger partial charge >= 0.3 is 49.7 Å². The number of carboxylic acid groups (broad SMARTS) is 2. The monoisotopic (exact) mass is 392 g/mol. The molecule has 0 fully saturated rings. The van der Waals surface area contributed by atoms with Gasteiger partial charge in [-0.1, -0.05) is 13.2 Å². The second kappa shape index (κ2) is 23.6. The van der Waals surface area contributed by atoms with Gasteiger partial charge in [-0.25, -0.2) is 0 Å². The topological polar surface area (TPSA) is 133 Å². The van der Waals surface area contributed by atoms with Crippen molar-refractivity contribution < 1.29 is 38.9 Å². The molecule has 0 radical (unpaired) electrons. The molecule has 0 saturated heterocycles. The van der Waals surface area contributed by atoms with Crippen LogP contribution in [0.3, 0.4) is 0 Å². The van der Waals surface area contributed by atoms with E-state index in [1.807, 2.05) is 0 Å². The van der Waals surface area contributed by atoms with Gasteiger partial charge in [0.2, 0.25) is 0 Å². The van der Waals surface area contributed by atoms with Gasteiger partial charge in [-0.3, -0.25) is 9.59 Å². The van der Waals surface area contributed by atoms with Gasteiger partial charge in [0.25, 0.3) is 0 Å². The molecule has 8 nitrogen and oxygen atoms in total. The molecule has 0 aliphatic heterocycles. The van der Waals surface area contributed by atoms with Crippen LogP contribution in [0.2, 0.25) is 0 Å². The molecule has 0 bridgehead atoms. The standard InChI is InChI=1S/C6H10O4S2.2C3H4O2.Ca/c7-5(3-11)9-1-2-10-6(8)4-12;2*1-2-3(4)5;/h11-12H,1-4H2;2*2H,1H2,(H,4,5);/q;;;+2/p-2. The summed E-state index contributed by atoms with van der Waals surface area (Å²) >= 11 is 7.36. The number of esters is 2. The van der Waals surface area contributed by atoms with Crippen molar-refractivity contribution in [2.75, 3.05) is 24.7 Å². The molecule has 0 spiro atoms. The summed E-state index contributed by atoms with van der Waals surface area (Å²) in [6, 6.07) is 0. The molecule has 0 atom stereocenters. The Balaban J connectivity index is -0.000000137. The SMILES string of the molecule is C=CC(=O)[O-].C=CC(=O)[O-].O=C(CS)OCCOC(=O)CS.[Ca+2]. The number of rotatable bonds is 7. The van der Waals surface area contributed by atoms with Crippen LogP contribution in [-0.2, 0) is 28.7 Å². The van der Waals surface area contributed by atoms with E-state index in [9.17, 15) is 9.59 Å². The first-order chi connectivity index (χ1) is 10.2. The number of ether oxygens (including phenoxy) is 2. The molecule has 0 amide bonds. The first-order valence-electron chi connectivity index (χ1n) is 5.44. The van der Waals surface area contributed by atoms with Gasteiger partial charge in [0, 0.05) is 0 Å². The zero-order valence-corrected chi connectivity index (χ0v) is 16.3. The maximum atomic E-state index is 10.5. The fourth-order valence-electron chi connectivity index (χ4n) is 0.402. The average Bonchev–Trinajstić information content (AvgIpc) is 2.51. The fourth-order valence-corrected chi connectivity index (χ4v) is 0.585. The van der Waals surface area contributed by atoms with Crippen molar-refractivity contribution in [1.82, 2.24) is 0 Å². The van der Waals surface area contributed by atoms with E-state index in [1.54, 1.807) is 0 Å². The number of thiol groups is 2. The molecular formula is C12H16CaO8S2. The third-order valence-electron chi connectivity index (χ3n) is 1.20. The largest absolute Gasteiger partial charge is 2.00 e. The number of carboxylic acids is 2. The van der Waals surface area contributed by atoms with Crippen molar-refractivity contribution >= 4 is 86.9 Å². The summed E-state index contributed by atoms with van der Waals surface area (Å²) in [6.45, 7) is 5.93. The van der Waals surface area contributed by atoms with Crippen LogP contribution < -0.4 is 10.2 Å². The van der Waals surface area contributed by atoms with Gasteiger partial charge in [-0.05, 0) is 12.2 Å². The van der Waals surface area contributed by atoms with Gasteiger partial charge in [0.15, 0.2) is 0 Å². The number of hydrogen-bond donors (Lipinski definition) is 2. The van der Waals surface area contributed by atoms with Crippen molar-refractivity contribution in [3.8, 4) is 0 Å². The molecule has 0 heterocycles. The van der Waals surface area contributed by atoms with Crippen LogP contribution in [0.15, 0.2) is 25.3 Å². The minimum atomic E-state index is -1.23. The van der Waals surface area contributed by atoms with E-state index in [4.69, 9.17) is 19.8 Å². The molecule has 0 N–H and O–H groups in total. The molecule has 126 valence electrons. The van der Waals surface area contributed by atoms with E-state index in [0.29, 0.717) is 0 Å². The van der Waals surface area contributed by atoms with Gasteiger partial charge in [0.05, 0.1) is 23.4 Å². The van der Waals surface area contributed by atoms with Crippen LogP contribution in [-0.4, -0.2) is 86.3 Å². The normalized spacial score (nSPS) is 7.57. The van der Waals surface area contributed by atoms with Crippen molar-refractivity contribution in [3.63, 3.8) is 0 Å². The van der Waals surface area contributed by atoms with Crippen molar-refractivity contribution in [3.05, 3.63) is 25.3 Å². The quantitative estimate of drug-likeness (QED) is 0.158. The van der Waals surface area contributed by atoms with Gasteiger partial charge < -0.3 is 29.3 Å². The maximum absolute atomic E-state index is 10.5. The van der Waals surface area contributed by atoms with Crippen molar-refractivity contribution in [2.24, 2.45) is 0 Å². The number of hydrogen-bond acceptors (Lipinski definition) is 10. The van der Waals surface area contributed by atoms with E-state index in [-0.39, 0.29) is 62.5 Å².